The number of hydrazone groups is 1. The number of phenols is 1. The van der Waals surface area contributed by atoms with Gasteiger partial charge < -0.3 is 15.2 Å². The Bertz CT molecular complexity index is 1210. The van der Waals surface area contributed by atoms with E-state index < -0.39 is 16.7 Å². The van der Waals surface area contributed by atoms with Gasteiger partial charge in [-0.05, 0) is 42.5 Å². The first-order valence-electron chi connectivity index (χ1n) is 9.23. The highest BCUT2D eigenvalue weighted by atomic mass is 16.6. The molecule has 10 heteroatoms. The zero-order chi connectivity index (χ0) is 23.1. The Morgan fingerprint density at radius 1 is 1.03 bits per heavy atom. The molecule has 10 nitrogen and oxygen atoms in total. The van der Waals surface area contributed by atoms with Gasteiger partial charge in [0.05, 0.1) is 18.2 Å². The fraction of sp³-hybridized carbons (Fsp3) is 0.0455. The number of aromatic hydroxyl groups is 1. The third-order valence-corrected chi connectivity index (χ3v) is 4.31. The first kappa shape index (κ1) is 22.0. The maximum Gasteiger partial charge on any atom is 0.271 e. The molecular formula is C22H18N4O6. The van der Waals surface area contributed by atoms with E-state index in [-0.39, 0.29) is 22.6 Å². The van der Waals surface area contributed by atoms with Crippen LogP contribution in [0.5, 0.6) is 11.5 Å². The van der Waals surface area contributed by atoms with E-state index in [0.29, 0.717) is 17.0 Å². The second-order valence-electron chi connectivity index (χ2n) is 6.47. The van der Waals surface area contributed by atoms with Crippen LogP contribution in [0.25, 0.3) is 0 Å². The van der Waals surface area contributed by atoms with Crippen LogP contribution < -0.4 is 15.5 Å². The maximum absolute atomic E-state index is 12.4. The molecule has 0 heterocycles. The van der Waals surface area contributed by atoms with Crippen LogP contribution in [0.2, 0.25) is 0 Å². The molecule has 0 aliphatic rings. The number of carbonyl (C=O) groups is 2. The first-order chi connectivity index (χ1) is 15.4. The van der Waals surface area contributed by atoms with Crippen LogP contribution in [0.15, 0.2) is 71.8 Å². The summed E-state index contributed by atoms with van der Waals surface area (Å²) in [5, 5.41) is 27.1. The van der Waals surface area contributed by atoms with Crippen LogP contribution in [0.1, 0.15) is 26.3 Å². The molecule has 0 atom stereocenters. The fourth-order valence-corrected chi connectivity index (χ4v) is 2.69. The highest BCUT2D eigenvalue weighted by molar-refractivity contribution is 6.05. The third kappa shape index (κ3) is 5.45. The van der Waals surface area contributed by atoms with E-state index in [1.165, 1.54) is 49.7 Å². The number of phenolic OH excluding ortho intramolecular Hbond substituents is 1. The van der Waals surface area contributed by atoms with Gasteiger partial charge in [-0.3, -0.25) is 19.7 Å². The van der Waals surface area contributed by atoms with E-state index in [1.807, 2.05) is 0 Å². The molecule has 162 valence electrons. The number of nitro groups is 1. The van der Waals surface area contributed by atoms with Crippen molar-refractivity contribution in [3.8, 4) is 11.5 Å². The molecule has 0 aliphatic heterocycles. The molecular weight excluding hydrogens is 416 g/mol. The van der Waals surface area contributed by atoms with Crippen molar-refractivity contribution in [3.05, 3.63) is 93.5 Å². The number of anilines is 1. The SMILES string of the molecule is COc1ccc(O)c(/C=N/NC(=O)c2cccc(NC(=O)c3cccc([N+](=O)[O-])c3)c2)c1. The summed E-state index contributed by atoms with van der Waals surface area (Å²) in [6.45, 7) is 0. The molecule has 2 amide bonds. The lowest BCUT2D eigenvalue weighted by Gasteiger charge is -2.07. The third-order valence-electron chi connectivity index (χ3n) is 4.31. The Morgan fingerprint density at radius 2 is 1.75 bits per heavy atom. The molecule has 0 aromatic heterocycles. The molecule has 0 radical (unpaired) electrons. The Labute approximate surface area is 182 Å². The molecule has 0 unspecified atom stereocenters. The van der Waals surface area contributed by atoms with Crippen molar-refractivity contribution in [2.24, 2.45) is 5.10 Å². The number of benzene rings is 3. The van der Waals surface area contributed by atoms with E-state index in [9.17, 15) is 24.8 Å². The number of amides is 2. The minimum Gasteiger partial charge on any atom is -0.507 e. The second-order valence-corrected chi connectivity index (χ2v) is 6.47. The van der Waals surface area contributed by atoms with Gasteiger partial charge in [-0.1, -0.05) is 12.1 Å². The predicted octanol–water partition coefficient (Wildman–Crippen LogP) is 3.33. The first-order valence-corrected chi connectivity index (χ1v) is 9.23. The molecule has 3 aromatic rings. The highest BCUT2D eigenvalue weighted by Crippen LogP contribution is 2.21. The number of ether oxygens (including phenoxy) is 1. The van der Waals surface area contributed by atoms with Crippen molar-refractivity contribution in [2.45, 2.75) is 0 Å². The van der Waals surface area contributed by atoms with E-state index in [4.69, 9.17) is 4.74 Å². The van der Waals surface area contributed by atoms with Gasteiger partial charge in [-0.15, -0.1) is 0 Å². The number of carbonyl (C=O) groups excluding carboxylic acids is 2. The van der Waals surface area contributed by atoms with Crippen LogP contribution in [0.3, 0.4) is 0 Å². The minimum atomic E-state index is -0.590. The quantitative estimate of drug-likeness (QED) is 0.296. The summed E-state index contributed by atoms with van der Waals surface area (Å²) in [5.41, 5.74) is 3.13. The smallest absolute Gasteiger partial charge is 0.271 e. The summed E-state index contributed by atoms with van der Waals surface area (Å²) in [5.74, 6) is -0.620. The molecule has 0 saturated heterocycles. The molecule has 0 saturated carbocycles. The Kier molecular flexibility index (Phi) is 6.76. The topological polar surface area (TPSA) is 143 Å². The standard InChI is InChI=1S/C22H18N4O6/c1-32-19-8-9-20(27)16(12-19)13-23-25-22(29)14-4-2-6-17(10-14)24-21(28)15-5-3-7-18(11-15)26(30)31/h2-13,27H,1H3,(H,24,28)(H,25,29)/b23-13+. The number of nitrogens with one attached hydrogen (secondary N) is 2. The lowest BCUT2D eigenvalue weighted by Crippen LogP contribution is -2.18. The summed E-state index contributed by atoms with van der Waals surface area (Å²) >= 11 is 0. The average molecular weight is 434 g/mol. The molecule has 3 rings (SSSR count). The molecule has 3 N–H and O–H groups in total. The monoisotopic (exact) mass is 434 g/mol. The molecule has 0 fully saturated rings. The van der Waals surface area contributed by atoms with Crippen LogP contribution in [0, 0.1) is 10.1 Å². The van der Waals surface area contributed by atoms with Gasteiger partial charge in [0.1, 0.15) is 11.5 Å². The van der Waals surface area contributed by atoms with Crippen molar-refractivity contribution in [3.63, 3.8) is 0 Å². The van der Waals surface area contributed by atoms with Crippen LogP contribution >= 0.6 is 0 Å². The number of nitrogens with zero attached hydrogens (tertiary/aromatic N) is 2. The highest BCUT2D eigenvalue weighted by Gasteiger charge is 2.13. The summed E-state index contributed by atoms with van der Waals surface area (Å²) in [4.78, 5) is 35.1. The average Bonchev–Trinajstić information content (AvgIpc) is 2.80. The summed E-state index contributed by atoms with van der Waals surface area (Å²) in [7, 11) is 1.49. The maximum atomic E-state index is 12.4. The zero-order valence-electron chi connectivity index (χ0n) is 16.8. The normalized spacial score (nSPS) is 10.5. The largest absolute Gasteiger partial charge is 0.507 e. The van der Waals surface area contributed by atoms with E-state index >= 15 is 0 Å². The van der Waals surface area contributed by atoms with Crippen molar-refractivity contribution >= 4 is 29.4 Å². The van der Waals surface area contributed by atoms with Gasteiger partial charge >= 0.3 is 0 Å². The predicted molar refractivity (Wildman–Crippen MR) is 117 cm³/mol. The van der Waals surface area contributed by atoms with Gasteiger partial charge in [0.25, 0.3) is 17.5 Å². The van der Waals surface area contributed by atoms with Crippen LogP contribution in [-0.2, 0) is 0 Å². The van der Waals surface area contributed by atoms with Crippen molar-refractivity contribution in [1.29, 1.82) is 0 Å². The molecule has 3 aromatic carbocycles. The van der Waals surface area contributed by atoms with Crippen LogP contribution in [-0.4, -0.2) is 35.2 Å². The second kappa shape index (κ2) is 9.85. The van der Waals surface area contributed by atoms with Gasteiger partial charge in [-0.25, -0.2) is 5.43 Å². The molecule has 0 bridgehead atoms. The van der Waals surface area contributed by atoms with Crippen molar-refractivity contribution in [2.75, 3.05) is 12.4 Å². The van der Waals surface area contributed by atoms with Crippen LogP contribution in [0.4, 0.5) is 11.4 Å². The zero-order valence-corrected chi connectivity index (χ0v) is 16.8. The summed E-state index contributed by atoms with van der Waals surface area (Å²) < 4.78 is 5.07. The summed E-state index contributed by atoms with van der Waals surface area (Å²) in [6.07, 6.45) is 1.27. The Hall–Kier alpha value is -4.73. The van der Waals surface area contributed by atoms with Crippen molar-refractivity contribution < 1.29 is 24.4 Å². The van der Waals surface area contributed by atoms with E-state index in [1.54, 1.807) is 24.3 Å². The van der Waals surface area contributed by atoms with Gasteiger partial charge in [0.2, 0.25) is 0 Å². The van der Waals surface area contributed by atoms with E-state index in [2.05, 4.69) is 15.8 Å². The number of methoxy groups -OCH3 is 1. The number of non-ortho nitro benzene ring substituents is 1. The molecule has 0 spiro atoms. The number of nitro benzene ring substituents is 1. The number of hydrogen-bond donors (Lipinski definition) is 3. The van der Waals surface area contributed by atoms with Crippen molar-refractivity contribution in [1.82, 2.24) is 5.43 Å². The number of rotatable bonds is 7. The lowest BCUT2D eigenvalue weighted by atomic mass is 10.1. The van der Waals surface area contributed by atoms with Gasteiger partial charge in [0, 0.05) is 34.5 Å². The Morgan fingerprint density at radius 3 is 2.47 bits per heavy atom. The van der Waals surface area contributed by atoms with E-state index in [0.717, 1.165) is 6.07 Å². The summed E-state index contributed by atoms with van der Waals surface area (Å²) in [6, 6.07) is 16.0. The fourth-order valence-electron chi connectivity index (χ4n) is 2.69. The molecule has 32 heavy (non-hydrogen) atoms. The Balaban J connectivity index is 1.68. The minimum absolute atomic E-state index is 0.0327. The lowest BCUT2D eigenvalue weighted by molar-refractivity contribution is -0.384. The molecule has 0 aliphatic carbocycles. The van der Waals surface area contributed by atoms with Gasteiger partial charge in [0.15, 0.2) is 0 Å². The van der Waals surface area contributed by atoms with Gasteiger partial charge in [-0.2, -0.15) is 5.10 Å². The number of hydrogen-bond acceptors (Lipinski definition) is 7.